The summed E-state index contributed by atoms with van der Waals surface area (Å²) >= 11 is 0. The van der Waals surface area contributed by atoms with Crippen molar-refractivity contribution in [3.05, 3.63) is 18.0 Å². The zero-order valence-electron chi connectivity index (χ0n) is 8.14. The van der Waals surface area contributed by atoms with E-state index in [9.17, 15) is 0 Å². The number of aliphatic hydroxyl groups is 1. The molecule has 0 fully saturated rings. The fourth-order valence-corrected chi connectivity index (χ4v) is 1.34. The van der Waals surface area contributed by atoms with Gasteiger partial charge >= 0.3 is 0 Å². The molecule has 0 aromatic carbocycles. The van der Waals surface area contributed by atoms with E-state index < -0.39 is 0 Å². The fourth-order valence-electron chi connectivity index (χ4n) is 1.34. The number of aliphatic hydroxyl groups excluding tert-OH is 1. The molecule has 74 valence electrons. The summed E-state index contributed by atoms with van der Waals surface area (Å²) in [5, 5.41) is 12.9. The van der Waals surface area contributed by atoms with Gasteiger partial charge in [-0.1, -0.05) is 0 Å². The van der Waals surface area contributed by atoms with Crippen LogP contribution in [0.2, 0.25) is 0 Å². The molecule has 1 rings (SSSR count). The number of rotatable bonds is 4. The van der Waals surface area contributed by atoms with Gasteiger partial charge in [0.2, 0.25) is 0 Å². The molecule has 0 saturated carbocycles. The molecular formula is C9H17N3O. The van der Waals surface area contributed by atoms with Gasteiger partial charge in [0.1, 0.15) is 0 Å². The molecule has 0 unspecified atom stereocenters. The monoisotopic (exact) mass is 183 g/mol. The van der Waals surface area contributed by atoms with Crippen molar-refractivity contribution < 1.29 is 5.11 Å². The molecule has 0 spiro atoms. The normalized spacial score (nSPS) is 13.6. The Hall–Kier alpha value is -0.870. The highest BCUT2D eigenvalue weighted by molar-refractivity contribution is 5.06. The van der Waals surface area contributed by atoms with Crippen LogP contribution in [0.5, 0.6) is 0 Å². The zero-order chi connectivity index (χ0) is 9.84. The summed E-state index contributed by atoms with van der Waals surface area (Å²) in [5.41, 5.74) is 6.86. The Kier molecular flexibility index (Phi) is 3.45. The number of nitrogens with two attached hydrogens (primary N) is 1. The number of nitrogens with zero attached hydrogens (tertiary/aromatic N) is 2. The van der Waals surface area contributed by atoms with Crippen LogP contribution in [0.3, 0.4) is 0 Å². The quantitative estimate of drug-likeness (QED) is 0.727. The second-order valence-corrected chi connectivity index (χ2v) is 3.41. The average Bonchev–Trinajstić information content (AvgIpc) is 2.52. The number of hydrogen-bond acceptors (Lipinski definition) is 3. The molecule has 0 radical (unpaired) electrons. The smallest absolute Gasteiger partial charge is 0.0555 e. The molecule has 1 heterocycles. The van der Waals surface area contributed by atoms with Crippen LogP contribution in [-0.2, 0) is 0 Å². The molecule has 0 saturated heterocycles. The van der Waals surface area contributed by atoms with Crippen molar-refractivity contribution in [3.63, 3.8) is 0 Å². The maximum Gasteiger partial charge on any atom is 0.0555 e. The van der Waals surface area contributed by atoms with Gasteiger partial charge in [0, 0.05) is 24.9 Å². The Labute approximate surface area is 78.4 Å². The van der Waals surface area contributed by atoms with Crippen molar-refractivity contribution in [2.24, 2.45) is 5.73 Å². The Morgan fingerprint density at radius 3 is 2.85 bits per heavy atom. The first-order valence-corrected chi connectivity index (χ1v) is 4.56. The van der Waals surface area contributed by atoms with Gasteiger partial charge in [0.05, 0.1) is 5.69 Å². The van der Waals surface area contributed by atoms with Crippen LogP contribution < -0.4 is 5.73 Å². The van der Waals surface area contributed by atoms with Crippen molar-refractivity contribution >= 4 is 0 Å². The molecule has 0 aliphatic rings. The third kappa shape index (κ3) is 2.29. The van der Waals surface area contributed by atoms with Gasteiger partial charge in [0.25, 0.3) is 0 Å². The Morgan fingerprint density at radius 2 is 2.31 bits per heavy atom. The van der Waals surface area contributed by atoms with Crippen LogP contribution in [0.25, 0.3) is 0 Å². The van der Waals surface area contributed by atoms with E-state index in [2.05, 4.69) is 18.9 Å². The first kappa shape index (κ1) is 10.2. The van der Waals surface area contributed by atoms with E-state index >= 15 is 0 Å². The first-order valence-electron chi connectivity index (χ1n) is 4.56. The molecule has 13 heavy (non-hydrogen) atoms. The van der Waals surface area contributed by atoms with E-state index in [0.717, 1.165) is 5.69 Å². The largest absolute Gasteiger partial charge is 0.396 e. The molecule has 4 heteroatoms. The van der Waals surface area contributed by atoms with E-state index in [4.69, 9.17) is 10.8 Å². The second-order valence-electron chi connectivity index (χ2n) is 3.41. The Bertz CT molecular complexity index is 257. The van der Waals surface area contributed by atoms with Crippen LogP contribution in [0.15, 0.2) is 12.3 Å². The summed E-state index contributed by atoms with van der Waals surface area (Å²) < 4.78 is 1.89. The minimum Gasteiger partial charge on any atom is -0.396 e. The van der Waals surface area contributed by atoms with Gasteiger partial charge < -0.3 is 10.8 Å². The second kappa shape index (κ2) is 4.39. The van der Waals surface area contributed by atoms with Crippen LogP contribution in [0, 0.1) is 0 Å². The summed E-state index contributed by atoms with van der Waals surface area (Å²) in [6, 6.07) is 2.10. The third-order valence-corrected chi connectivity index (χ3v) is 2.01. The molecule has 1 atom stereocenters. The van der Waals surface area contributed by atoms with Crippen molar-refractivity contribution in [2.45, 2.75) is 32.4 Å². The predicted octanol–water partition coefficient (Wildman–Crippen LogP) is 0.846. The Balaban J connectivity index is 2.80. The summed E-state index contributed by atoms with van der Waals surface area (Å²) in [7, 11) is 0. The van der Waals surface area contributed by atoms with Gasteiger partial charge in [0.15, 0.2) is 0 Å². The van der Waals surface area contributed by atoms with Crippen molar-refractivity contribution in [2.75, 3.05) is 6.61 Å². The van der Waals surface area contributed by atoms with E-state index in [0.29, 0.717) is 12.5 Å². The molecule has 1 aromatic heterocycles. The standard InChI is InChI=1S/C9H17N3O/c1-7(2)12-9(3-5-11-12)8(10)4-6-13/h3,5,7-8,13H,4,6,10H2,1-2H3/t8-/m0/s1. The van der Waals surface area contributed by atoms with Crippen LogP contribution in [0.4, 0.5) is 0 Å². The highest BCUT2D eigenvalue weighted by Gasteiger charge is 2.12. The van der Waals surface area contributed by atoms with Gasteiger partial charge in [-0.05, 0) is 26.3 Å². The SMILES string of the molecule is CC(C)n1nccc1[C@@H](N)CCO. The minimum absolute atomic E-state index is 0.116. The lowest BCUT2D eigenvalue weighted by Gasteiger charge is -2.15. The molecular weight excluding hydrogens is 166 g/mol. The first-order chi connectivity index (χ1) is 6.16. The maximum atomic E-state index is 8.76. The molecule has 3 N–H and O–H groups in total. The lowest BCUT2D eigenvalue weighted by molar-refractivity contribution is 0.273. The molecule has 0 bridgehead atoms. The molecule has 0 amide bonds. The predicted molar refractivity (Wildman–Crippen MR) is 51.2 cm³/mol. The zero-order valence-corrected chi connectivity index (χ0v) is 8.14. The van der Waals surface area contributed by atoms with Crippen molar-refractivity contribution in [1.29, 1.82) is 0 Å². The van der Waals surface area contributed by atoms with Gasteiger partial charge in [-0.2, -0.15) is 5.10 Å². The summed E-state index contributed by atoms with van der Waals surface area (Å²) in [4.78, 5) is 0. The molecule has 4 nitrogen and oxygen atoms in total. The van der Waals surface area contributed by atoms with E-state index in [1.54, 1.807) is 6.20 Å². The van der Waals surface area contributed by atoms with Crippen LogP contribution in [0.1, 0.15) is 38.0 Å². The summed E-state index contributed by atoms with van der Waals surface area (Å²) in [6.45, 7) is 4.23. The molecule has 0 aliphatic carbocycles. The average molecular weight is 183 g/mol. The van der Waals surface area contributed by atoms with E-state index in [-0.39, 0.29) is 12.6 Å². The third-order valence-electron chi connectivity index (χ3n) is 2.01. The van der Waals surface area contributed by atoms with Crippen LogP contribution >= 0.6 is 0 Å². The van der Waals surface area contributed by atoms with Crippen LogP contribution in [-0.4, -0.2) is 21.5 Å². The molecule has 0 aliphatic heterocycles. The lowest BCUT2D eigenvalue weighted by atomic mass is 10.1. The topological polar surface area (TPSA) is 64.1 Å². The highest BCUT2D eigenvalue weighted by atomic mass is 16.3. The molecule has 1 aromatic rings. The van der Waals surface area contributed by atoms with E-state index in [1.807, 2.05) is 10.7 Å². The number of hydrogen-bond donors (Lipinski definition) is 2. The minimum atomic E-state index is -0.116. The van der Waals surface area contributed by atoms with Gasteiger partial charge in [-0.25, -0.2) is 0 Å². The number of aromatic nitrogens is 2. The summed E-state index contributed by atoms with van der Waals surface area (Å²) in [5.74, 6) is 0. The Morgan fingerprint density at radius 1 is 1.62 bits per heavy atom. The lowest BCUT2D eigenvalue weighted by Crippen LogP contribution is -2.18. The van der Waals surface area contributed by atoms with Gasteiger partial charge in [-0.15, -0.1) is 0 Å². The fraction of sp³-hybridized carbons (Fsp3) is 0.667. The van der Waals surface area contributed by atoms with Gasteiger partial charge in [-0.3, -0.25) is 4.68 Å². The summed E-state index contributed by atoms with van der Waals surface area (Å²) in [6.07, 6.45) is 2.32. The van der Waals surface area contributed by atoms with Crippen molar-refractivity contribution in [1.82, 2.24) is 9.78 Å². The highest BCUT2D eigenvalue weighted by Crippen LogP contribution is 2.16. The van der Waals surface area contributed by atoms with Crippen molar-refractivity contribution in [3.8, 4) is 0 Å². The maximum absolute atomic E-state index is 8.76. The van der Waals surface area contributed by atoms with E-state index in [1.165, 1.54) is 0 Å².